The van der Waals surface area contributed by atoms with Crippen molar-refractivity contribution >= 4 is 21.4 Å². The van der Waals surface area contributed by atoms with Crippen LogP contribution in [0.25, 0.3) is 0 Å². The number of hydrogen-bond acceptors (Lipinski definition) is 6. The van der Waals surface area contributed by atoms with Crippen LogP contribution in [0.1, 0.15) is 24.1 Å². The fraction of sp³-hybridized carbons (Fsp3) is 0.500. The van der Waals surface area contributed by atoms with Gasteiger partial charge in [0.15, 0.2) is 15.6 Å². The molecule has 116 valence electrons. The Balaban J connectivity index is 2.12. The number of halogens is 1. The Morgan fingerprint density at radius 2 is 2.19 bits per heavy atom. The Kier molecular flexibility index (Phi) is 5.02. The van der Waals surface area contributed by atoms with Gasteiger partial charge >= 0.3 is 0 Å². The van der Waals surface area contributed by atoms with E-state index in [1.165, 1.54) is 13.3 Å². The number of ether oxygens (including phenoxy) is 1. The van der Waals surface area contributed by atoms with Crippen LogP contribution in [-0.2, 0) is 39.2 Å². The maximum absolute atomic E-state index is 12.2. The van der Waals surface area contributed by atoms with Crippen molar-refractivity contribution in [3.63, 3.8) is 0 Å². The van der Waals surface area contributed by atoms with Crippen LogP contribution in [0.3, 0.4) is 0 Å². The molecule has 0 bridgehead atoms. The van der Waals surface area contributed by atoms with Crippen LogP contribution in [0.4, 0.5) is 0 Å². The third-order valence-electron chi connectivity index (χ3n) is 2.82. The molecule has 0 fully saturated rings. The first-order chi connectivity index (χ1) is 9.95. The molecule has 0 unspecified atom stereocenters. The number of aryl methyl sites for hydroxylation is 1. The topological polar surface area (TPSA) is 87.2 Å². The molecule has 9 heteroatoms. The van der Waals surface area contributed by atoms with Crippen LogP contribution in [0.2, 0.25) is 5.02 Å². The smallest absolute Gasteiger partial charge is 0.163 e. The van der Waals surface area contributed by atoms with Gasteiger partial charge in [-0.3, -0.25) is 4.68 Å². The molecule has 0 atom stereocenters. The highest BCUT2D eigenvalue weighted by Gasteiger charge is 2.21. The molecule has 0 aromatic carbocycles. The number of rotatable bonds is 7. The number of hydrogen-bond donors (Lipinski definition) is 0. The number of sulfone groups is 1. The van der Waals surface area contributed by atoms with Crippen molar-refractivity contribution in [2.24, 2.45) is 0 Å². The second-order valence-corrected chi connectivity index (χ2v) is 6.98. The molecular weight excluding hydrogens is 318 g/mol. The zero-order valence-electron chi connectivity index (χ0n) is 11.7. The fourth-order valence-corrected chi connectivity index (χ4v) is 3.60. The first-order valence-corrected chi connectivity index (χ1v) is 8.49. The molecular formula is C12H16ClN3O4S. The van der Waals surface area contributed by atoms with Crippen LogP contribution in [0, 0.1) is 0 Å². The Bertz CT molecular complexity index is 708. The van der Waals surface area contributed by atoms with Gasteiger partial charge in [-0.1, -0.05) is 16.8 Å². The summed E-state index contributed by atoms with van der Waals surface area (Å²) in [5, 5.41) is 8.10. The quantitative estimate of drug-likeness (QED) is 0.768. The van der Waals surface area contributed by atoms with Crippen LogP contribution in [-0.4, -0.2) is 30.5 Å². The van der Waals surface area contributed by atoms with E-state index in [0.29, 0.717) is 23.0 Å². The first-order valence-electron chi connectivity index (χ1n) is 6.29. The van der Waals surface area contributed by atoms with Gasteiger partial charge in [0.1, 0.15) is 11.4 Å². The van der Waals surface area contributed by atoms with Crippen LogP contribution in [0.5, 0.6) is 0 Å². The van der Waals surface area contributed by atoms with Crippen molar-refractivity contribution in [1.29, 1.82) is 0 Å². The molecule has 2 aromatic heterocycles. The monoisotopic (exact) mass is 333 g/mol. The molecule has 0 aliphatic carbocycles. The molecule has 2 heterocycles. The predicted molar refractivity (Wildman–Crippen MR) is 76.5 cm³/mol. The minimum Gasteiger partial charge on any atom is -0.378 e. The molecule has 0 radical (unpaired) electrons. The Hall–Kier alpha value is -1.38. The fourth-order valence-electron chi connectivity index (χ4n) is 1.92. The van der Waals surface area contributed by atoms with Gasteiger partial charge in [-0.05, 0) is 6.92 Å². The standard InChI is InChI=1S/C12H16ClN3O4S/c1-3-16-12(11(13)5-14-16)8-21(17,18)7-10-4-9(6-19-2)15-20-10/h4-5H,3,6-8H2,1-2H3. The van der Waals surface area contributed by atoms with Gasteiger partial charge in [0.25, 0.3) is 0 Å². The Labute approximate surface area is 127 Å². The lowest BCUT2D eigenvalue weighted by molar-refractivity contribution is 0.177. The van der Waals surface area contributed by atoms with E-state index in [0.717, 1.165) is 0 Å². The number of aromatic nitrogens is 3. The highest BCUT2D eigenvalue weighted by molar-refractivity contribution is 7.89. The summed E-state index contributed by atoms with van der Waals surface area (Å²) in [5.41, 5.74) is 1.04. The van der Waals surface area contributed by atoms with E-state index >= 15 is 0 Å². The minimum atomic E-state index is -3.43. The van der Waals surface area contributed by atoms with Crippen LogP contribution in [0.15, 0.2) is 16.8 Å². The summed E-state index contributed by atoms with van der Waals surface area (Å²) in [5.74, 6) is -0.157. The number of methoxy groups -OCH3 is 1. The molecule has 0 spiro atoms. The van der Waals surface area contributed by atoms with Gasteiger partial charge in [0, 0.05) is 19.7 Å². The predicted octanol–water partition coefficient (Wildman–Crippen LogP) is 1.81. The molecule has 0 saturated heterocycles. The molecule has 0 saturated carbocycles. The van der Waals surface area contributed by atoms with Crippen molar-refractivity contribution in [2.75, 3.05) is 7.11 Å². The molecule has 2 rings (SSSR count). The molecule has 0 amide bonds. The lowest BCUT2D eigenvalue weighted by Gasteiger charge is -2.05. The van der Waals surface area contributed by atoms with Crippen molar-refractivity contribution in [2.45, 2.75) is 31.6 Å². The Morgan fingerprint density at radius 1 is 1.43 bits per heavy atom. The van der Waals surface area contributed by atoms with Crippen molar-refractivity contribution < 1.29 is 17.7 Å². The van der Waals surface area contributed by atoms with E-state index in [1.54, 1.807) is 10.7 Å². The highest BCUT2D eigenvalue weighted by Crippen LogP contribution is 2.20. The number of nitrogens with zero attached hydrogens (tertiary/aromatic N) is 3. The Morgan fingerprint density at radius 3 is 2.86 bits per heavy atom. The summed E-state index contributed by atoms with van der Waals surface area (Å²) >= 11 is 5.98. The summed E-state index contributed by atoms with van der Waals surface area (Å²) in [7, 11) is -1.91. The molecule has 0 aliphatic heterocycles. The van der Waals surface area contributed by atoms with E-state index in [2.05, 4.69) is 10.3 Å². The minimum absolute atomic E-state index is 0.194. The molecule has 7 nitrogen and oxygen atoms in total. The van der Waals surface area contributed by atoms with Crippen LogP contribution >= 0.6 is 11.6 Å². The summed E-state index contributed by atoms with van der Waals surface area (Å²) in [4.78, 5) is 0. The summed E-state index contributed by atoms with van der Waals surface area (Å²) in [6.07, 6.45) is 1.45. The maximum atomic E-state index is 12.2. The molecule has 21 heavy (non-hydrogen) atoms. The second-order valence-electron chi connectivity index (χ2n) is 4.50. The maximum Gasteiger partial charge on any atom is 0.163 e. The van der Waals surface area contributed by atoms with Gasteiger partial charge in [-0.25, -0.2) is 8.42 Å². The summed E-state index contributed by atoms with van der Waals surface area (Å²) in [6, 6.07) is 1.57. The van der Waals surface area contributed by atoms with Gasteiger partial charge in [-0.15, -0.1) is 0 Å². The van der Waals surface area contributed by atoms with E-state index in [1.807, 2.05) is 6.92 Å². The largest absolute Gasteiger partial charge is 0.378 e. The van der Waals surface area contributed by atoms with Crippen LogP contribution < -0.4 is 0 Å². The third-order valence-corrected chi connectivity index (χ3v) is 4.57. The van der Waals surface area contributed by atoms with Crippen molar-refractivity contribution in [3.05, 3.63) is 34.4 Å². The third kappa shape index (κ3) is 4.05. The van der Waals surface area contributed by atoms with Crippen molar-refractivity contribution in [1.82, 2.24) is 14.9 Å². The molecule has 0 N–H and O–H groups in total. The zero-order valence-corrected chi connectivity index (χ0v) is 13.3. The lowest BCUT2D eigenvalue weighted by Crippen LogP contribution is -2.12. The average Bonchev–Trinajstić information content (AvgIpc) is 2.97. The van der Waals surface area contributed by atoms with Gasteiger partial charge in [0.2, 0.25) is 0 Å². The normalized spacial score (nSPS) is 12.0. The summed E-state index contributed by atoms with van der Waals surface area (Å²) < 4.78 is 35.9. The average molecular weight is 334 g/mol. The molecule has 2 aromatic rings. The van der Waals surface area contributed by atoms with E-state index in [4.69, 9.17) is 20.9 Å². The zero-order chi connectivity index (χ0) is 15.5. The second kappa shape index (κ2) is 6.59. The van der Waals surface area contributed by atoms with E-state index in [-0.39, 0.29) is 23.9 Å². The SMILES string of the molecule is CCn1ncc(Cl)c1CS(=O)(=O)Cc1cc(COC)no1. The highest BCUT2D eigenvalue weighted by atomic mass is 35.5. The van der Waals surface area contributed by atoms with Gasteiger partial charge in [0.05, 0.1) is 29.3 Å². The van der Waals surface area contributed by atoms with Gasteiger partial charge in [-0.2, -0.15) is 5.10 Å². The lowest BCUT2D eigenvalue weighted by atomic mass is 10.4. The van der Waals surface area contributed by atoms with E-state index in [9.17, 15) is 8.42 Å². The molecule has 0 aliphatic rings. The summed E-state index contributed by atoms with van der Waals surface area (Å²) in [6.45, 7) is 2.70. The van der Waals surface area contributed by atoms with Gasteiger partial charge < -0.3 is 9.26 Å². The van der Waals surface area contributed by atoms with Crippen molar-refractivity contribution in [3.8, 4) is 0 Å². The van der Waals surface area contributed by atoms with E-state index < -0.39 is 9.84 Å². The first kappa shape index (κ1) is 16.0.